The third-order valence-electron chi connectivity index (χ3n) is 19.3. The van der Waals surface area contributed by atoms with Gasteiger partial charge in [-0.05, 0) is 6.92 Å². The summed E-state index contributed by atoms with van der Waals surface area (Å²) in [6.07, 6.45) is -72.6. The fourth-order valence-electron chi connectivity index (χ4n) is 13.7. The van der Waals surface area contributed by atoms with Crippen LogP contribution in [0.25, 0.3) is 0 Å². The molecule has 0 saturated carbocycles. The van der Waals surface area contributed by atoms with Gasteiger partial charge in [0.15, 0.2) is 37.7 Å². The Hall–Kier alpha value is -3.60. The number of aliphatic hydroxyl groups excluding tert-OH is 22. The van der Waals surface area contributed by atoms with Crippen LogP contribution in [-0.4, -0.2) is 434 Å². The van der Waals surface area contributed by atoms with Gasteiger partial charge in [-0.2, -0.15) is 0 Å². The summed E-state index contributed by atoms with van der Waals surface area (Å²) in [6, 6.07) is -4.97. The highest BCUT2D eigenvalue weighted by molar-refractivity contribution is 5.74. The van der Waals surface area contributed by atoms with Crippen molar-refractivity contribution in [3.05, 3.63) is 0 Å². The Balaban J connectivity index is 1.08. The van der Waals surface area contributed by atoms with Crippen molar-refractivity contribution >= 4 is 24.2 Å². The second kappa shape index (κ2) is 37.4. The molecule has 0 aromatic carbocycles. The molecule has 0 bridgehead atoms. The quantitative estimate of drug-likeness (QED) is 0.0244. The molecule has 41 atom stereocenters. The van der Waals surface area contributed by atoms with Gasteiger partial charge in [0.1, 0.15) is 177 Å². The molecule has 15 unspecified atom stereocenters. The van der Waals surface area contributed by atoms with E-state index in [9.17, 15) is 132 Å². The van der Waals surface area contributed by atoms with Crippen LogP contribution in [0.4, 0.5) is 0 Å². The SMILES string of the molecule is CC(=O)NC1[C@H](O[C@@H]2C(CO)O[C@@H](C)C(NC(C)=O)[C@H]2O)OC(CO)[C@@H](O[C@@H]2OC(CO[C@H]3OC(CO)[C@@H](O)[C@H](O)C3O)[C@@H](O)[C@H](O[C@H]3O[C@H](CO)[C@@H](O)C(O)C3O[C@@H]3OC(CO)[C@@H](O[C@@H]4OC(CO)[C@H](O)[C@H](O[C@]5(OC=O)C[C@@H](O)[C@@H](C)C([C@H](O)[C@H](O)CO)O5)C4O)[C@H](O)C3NC(C)=O)C2O)[C@@H]1O. The van der Waals surface area contributed by atoms with Crippen molar-refractivity contribution in [3.8, 4) is 0 Å². The Morgan fingerprint density at radius 3 is 1.32 bits per heavy atom. The van der Waals surface area contributed by atoms with E-state index in [0.717, 1.165) is 20.8 Å². The summed E-state index contributed by atoms with van der Waals surface area (Å²) in [7, 11) is 0. The normalized spacial score (nSPS) is 47.9. The van der Waals surface area contributed by atoms with Gasteiger partial charge >= 0.3 is 5.97 Å². The van der Waals surface area contributed by atoms with Crippen molar-refractivity contribution in [3.63, 3.8) is 0 Å². The molecule has 8 saturated heterocycles. The van der Waals surface area contributed by atoms with Gasteiger partial charge in [0, 0.05) is 26.7 Å². The number of amides is 3. The molecule has 104 heavy (non-hydrogen) atoms. The van der Waals surface area contributed by atoms with Gasteiger partial charge in [-0.1, -0.05) is 6.92 Å². The first-order chi connectivity index (χ1) is 49.2. The smallest absolute Gasteiger partial charge is 0.332 e. The predicted molar refractivity (Wildman–Crippen MR) is 323 cm³/mol. The van der Waals surface area contributed by atoms with Crippen LogP contribution >= 0.6 is 0 Å². The second-order valence-electron chi connectivity index (χ2n) is 26.6. The van der Waals surface area contributed by atoms with Crippen LogP contribution in [0.5, 0.6) is 0 Å². The standard InChI is InChI=1S/C59H99N3O42/c1-16-21(74)6-59(90-15-70,103-46(16)33(76)22(75)7-63)104-51-36(79)25(10-66)93-57(45(51)88)100-49-28(13-69)96-54(32(40(49)83)62-20(5)73)102-52-42(85)35(78)24(9-65)94-58(52)101-50-37(80)29(14-89-55-43(86)41(84)34(77)23(8-64)92-55)97-56(44(50)87)99-48-27(12-68)95-53(31(39(48)82)61-19(4)72)98-47-26(11-67)91-17(2)30(38(47)81)60-18(3)71/h15-17,21-58,63-69,74-88H,6-14H2,1-5H3,(H,60,71)(H,61,72)(H,62,73)/t16-,17+,21-,22-,23?,24-,25?,26?,27?,28?,29?,30?,31?,32?,33-,34-,35-,36+,37-,38-,39-,40-,41+,42?,43?,44?,45?,46?,47-,48-,49-,50+,51+,52?,53+,54+,55+,56+,57+,58-,59+/m1/s1. The first-order valence-electron chi connectivity index (χ1n) is 33.4. The molecular weight excluding hydrogens is 1420 g/mol. The maximum Gasteiger partial charge on any atom is 0.332 e. The highest BCUT2D eigenvalue weighted by Gasteiger charge is 2.61. The van der Waals surface area contributed by atoms with Gasteiger partial charge in [-0.15, -0.1) is 0 Å². The Labute approximate surface area is 590 Å². The van der Waals surface area contributed by atoms with Crippen LogP contribution in [0.2, 0.25) is 0 Å². The fraction of sp³-hybridized carbons (Fsp3) is 0.932. The van der Waals surface area contributed by atoms with Crippen molar-refractivity contribution < 1.29 is 207 Å². The summed E-state index contributed by atoms with van der Waals surface area (Å²) in [5, 5.41) is 251. The zero-order chi connectivity index (χ0) is 76.8. The molecule has 0 radical (unpaired) electrons. The lowest BCUT2D eigenvalue weighted by Crippen LogP contribution is -2.71. The molecule has 8 aliphatic heterocycles. The zero-order valence-electron chi connectivity index (χ0n) is 56.5. The highest BCUT2D eigenvalue weighted by atomic mass is 16.9. The van der Waals surface area contributed by atoms with E-state index >= 15 is 0 Å². The number of nitrogens with one attached hydrogen (secondary N) is 3. The fourth-order valence-corrected chi connectivity index (χ4v) is 13.7. The number of carbonyl (C=O) groups is 4. The highest BCUT2D eigenvalue weighted by Crippen LogP contribution is 2.42. The van der Waals surface area contributed by atoms with Gasteiger partial charge in [0.05, 0.1) is 83.6 Å². The van der Waals surface area contributed by atoms with Crippen molar-refractivity contribution in [2.24, 2.45) is 5.92 Å². The van der Waals surface area contributed by atoms with E-state index in [-0.39, 0.29) is 6.47 Å². The summed E-state index contributed by atoms with van der Waals surface area (Å²) in [6.45, 7) is -2.70. The molecule has 0 aliphatic carbocycles. The van der Waals surface area contributed by atoms with E-state index in [1.165, 1.54) is 13.8 Å². The second-order valence-corrected chi connectivity index (χ2v) is 26.6. The third kappa shape index (κ3) is 18.9. The molecule has 8 fully saturated rings. The molecule has 3 amide bonds. The van der Waals surface area contributed by atoms with E-state index in [1.807, 2.05) is 0 Å². The van der Waals surface area contributed by atoms with Crippen LogP contribution in [-0.2, 0) is 95.0 Å². The topological polar surface area (TPSA) is 697 Å². The minimum atomic E-state index is -2.85. The Morgan fingerprint density at radius 1 is 0.433 bits per heavy atom. The monoisotopic (exact) mass is 1520 g/mol. The predicted octanol–water partition coefficient (Wildman–Crippen LogP) is -16.4. The Kier molecular flexibility index (Phi) is 30.9. The first kappa shape index (κ1) is 86.0. The third-order valence-corrected chi connectivity index (χ3v) is 19.3. The molecular formula is C59H99N3O42. The lowest BCUT2D eigenvalue weighted by molar-refractivity contribution is -0.448. The molecule has 8 rings (SSSR count). The van der Waals surface area contributed by atoms with E-state index in [0.29, 0.717) is 0 Å². The summed E-state index contributed by atoms with van der Waals surface area (Å²) < 4.78 is 94.0. The molecule has 602 valence electrons. The van der Waals surface area contributed by atoms with Gasteiger partial charge < -0.3 is 204 Å². The largest absolute Gasteiger partial charge is 0.410 e. The number of carbonyl (C=O) groups excluding carboxylic acids is 4. The minimum absolute atomic E-state index is 0.236. The average Bonchev–Trinajstić information content (AvgIpc) is 0.765. The Bertz CT molecular complexity index is 2710. The molecule has 0 aromatic heterocycles. The molecule has 45 nitrogen and oxygen atoms in total. The minimum Gasteiger partial charge on any atom is -0.410 e. The molecule has 25 N–H and O–H groups in total. The van der Waals surface area contributed by atoms with E-state index in [1.54, 1.807) is 0 Å². The van der Waals surface area contributed by atoms with Crippen LogP contribution in [0.3, 0.4) is 0 Å². The van der Waals surface area contributed by atoms with E-state index < -0.39 is 328 Å². The maximum absolute atomic E-state index is 13.1. The van der Waals surface area contributed by atoms with Gasteiger partial charge in [-0.3, -0.25) is 19.2 Å². The average molecular weight is 1520 g/mol. The van der Waals surface area contributed by atoms with Crippen molar-refractivity contribution in [1.82, 2.24) is 16.0 Å². The van der Waals surface area contributed by atoms with Crippen LogP contribution in [0.1, 0.15) is 41.0 Å². The summed E-state index contributed by atoms with van der Waals surface area (Å²) >= 11 is 0. The van der Waals surface area contributed by atoms with E-state index in [4.69, 9.17) is 75.8 Å². The van der Waals surface area contributed by atoms with Crippen LogP contribution in [0.15, 0.2) is 0 Å². The lowest BCUT2D eigenvalue weighted by Gasteiger charge is -2.51. The lowest BCUT2D eigenvalue weighted by atomic mass is 9.87. The van der Waals surface area contributed by atoms with E-state index in [2.05, 4.69) is 16.0 Å². The number of ether oxygens (including phenoxy) is 16. The molecule has 45 heteroatoms. The Morgan fingerprint density at radius 2 is 0.827 bits per heavy atom. The number of hydrogen-bond donors (Lipinski definition) is 25. The van der Waals surface area contributed by atoms with Crippen LogP contribution < -0.4 is 16.0 Å². The van der Waals surface area contributed by atoms with Gasteiger partial charge in [0.2, 0.25) is 17.7 Å². The van der Waals surface area contributed by atoms with Crippen molar-refractivity contribution in [1.29, 1.82) is 0 Å². The van der Waals surface area contributed by atoms with Crippen LogP contribution in [0, 0.1) is 5.92 Å². The first-order valence-corrected chi connectivity index (χ1v) is 33.4. The number of aliphatic hydroxyl groups is 22. The number of hydrogen-bond acceptors (Lipinski definition) is 42. The van der Waals surface area contributed by atoms with Gasteiger partial charge in [0.25, 0.3) is 6.47 Å². The summed E-state index contributed by atoms with van der Waals surface area (Å²) in [5.41, 5.74) is 0. The van der Waals surface area contributed by atoms with Crippen molar-refractivity contribution in [2.45, 2.75) is 286 Å². The molecule has 8 heterocycles. The zero-order valence-corrected chi connectivity index (χ0v) is 56.5. The molecule has 0 aromatic rings. The summed E-state index contributed by atoms with van der Waals surface area (Å²) in [4.78, 5) is 50.1. The van der Waals surface area contributed by atoms with Crippen molar-refractivity contribution in [2.75, 3.05) is 52.9 Å². The molecule has 0 spiro atoms. The summed E-state index contributed by atoms with van der Waals surface area (Å²) in [5.74, 6) is -6.38. The molecule has 8 aliphatic rings. The van der Waals surface area contributed by atoms with Gasteiger partial charge in [-0.25, -0.2) is 0 Å². The maximum atomic E-state index is 13.1. The number of rotatable bonds is 29.